The minimum Gasteiger partial charge on any atom is -0.493 e. The third kappa shape index (κ3) is 3.95. The van der Waals surface area contributed by atoms with Crippen LogP contribution in [0.1, 0.15) is 12.8 Å². The third-order valence-corrected chi connectivity index (χ3v) is 5.69. The van der Waals surface area contributed by atoms with E-state index >= 15 is 0 Å². The van der Waals surface area contributed by atoms with Gasteiger partial charge in [-0.3, -0.25) is 8.99 Å². The molecule has 3 rings (SSSR count). The molecule has 1 fully saturated rings. The molecule has 1 saturated heterocycles. The van der Waals surface area contributed by atoms with Gasteiger partial charge in [0.25, 0.3) is 0 Å². The molecule has 8 heteroatoms. The molecule has 2 heterocycles. The van der Waals surface area contributed by atoms with E-state index < -0.39 is 9.73 Å². The fraction of sp³-hybridized carbons (Fsp3) is 0.529. The Balaban J connectivity index is 1.87. The molecule has 1 N–H and O–H groups in total. The minimum absolute atomic E-state index is 0.342. The lowest BCUT2D eigenvalue weighted by atomic mass is 9.98. The molecule has 1 aromatic heterocycles. The first-order valence-corrected chi connectivity index (χ1v) is 10.4. The van der Waals surface area contributed by atoms with Crippen molar-refractivity contribution in [3.63, 3.8) is 0 Å². The standard InChI is InChI=1S/C17H24N4O3S/c1-23-15-8-13-14(9-16(15)24-2)19-11-20-17(13)21-6-4-12(5-7-21)10-25(3,18)22/h8-9,11-12,18H,4-7,10H2,1-3H3. The van der Waals surface area contributed by atoms with Gasteiger partial charge in [0.2, 0.25) is 0 Å². The Morgan fingerprint density at radius 1 is 1.20 bits per heavy atom. The Morgan fingerprint density at radius 2 is 1.84 bits per heavy atom. The van der Waals surface area contributed by atoms with Crippen molar-refractivity contribution in [3.05, 3.63) is 18.5 Å². The largest absolute Gasteiger partial charge is 0.493 e. The molecule has 1 atom stereocenters. The molecule has 2 aromatic rings. The average molecular weight is 364 g/mol. The van der Waals surface area contributed by atoms with Crippen LogP contribution in [0.25, 0.3) is 10.9 Å². The second kappa shape index (κ2) is 7.03. The Kier molecular flexibility index (Phi) is 4.99. The fourth-order valence-corrected chi connectivity index (χ4v) is 4.62. The highest BCUT2D eigenvalue weighted by atomic mass is 32.2. The zero-order valence-electron chi connectivity index (χ0n) is 14.8. The average Bonchev–Trinajstić information content (AvgIpc) is 2.59. The molecule has 25 heavy (non-hydrogen) atoms. The van der Waals surface area contributed by atoms with Crippen LogP contribution in [0.4, 0.5) is 5.82 Å². The van der Waals surface area contributed by atoms with Crippen LogP contribution in [-0.2, 0) is 9.73 Å². The Bertz CT molecular complexity index is 862. The molecule has 1 aliphatic rings. The number of piperidine rings is 1. The number of ether oxygens (including phenoxy) is 2. The lowest BCUT2D eigenvalue weighted by Gasteiger charge is -2.33. The number of fused-ring (bicyclic) bond motifs is 1. The Hall–Kier alpha value is -2.09. The quantitative estimate of drug-likeness (QED) is 0.877. The SMILES string of the molecule is COc1cc2ncnc(N3CCC(CS(C)(=N)=O)CC3)c2cc1OC. The first-order valence-electron chi connectivity index (χ1n) is 8.24. The number of rotatable bonds is 5. The van der Waals surface area contributed by atoms with E-state index in [1.165, 1.54) is 6.26 Å². The van der Waals surface area contributed by atoms with Gasteiger partial charge < -0.3 is 14.4 Å². The van der Waals surface area contributed by atoms with Crippen molar-refractivity contribution >= 4 is 26.4 Å². The second-order valence-corrected chi connectivity index (χ2v) is 8.87. The number of hydrogen-bond acceptors (Lipinski definition) is 7. The van der Waals surface area contributed by atoms with Crippen LogP contribution in [0, 0.1) is 10.7 Å². The number of nitrogens with zero attached hydrogens (tertiary/aromatic N) is 3. The summed E-state index contributed by atoms with van der Waals surface area (Å²) in [5, 5.41) is 0.929. The van der Waals surface area contributed by atoms with Gasteiger partial charge in [0.1, 0.15) is 12.1 Å². The van der Waals surface area contributed by atoms with Gasteiger partial charge in [-0.25, -0.2) is 9.97 Å². The van der Waals surface area contributed by atoms with Gasteiger partial charge >= 0.3 is 0 Å². The number of methoxy groups -OCH3 is 2. The van der Waals surface area contributed by atoms with Crippen LogP contribution in [0.5, 0.6) is 11.5 Å². The van der Waals surface area contributed by atoms with Crippen molar-refractivity contribution in [2.45, 2.75) is 12.8 Å². The highest BCUT2D eigenvalue weighted by molar-refractivity contribution is 7.91. The molecule has 0 saturated carbocycles. The third-order valence-electron chi connectivity index (χ3n) is 4.59. The summed E-state index contributed by atoms with van der Waals surface area (Å²) in [5.74, 6) is 3.00. The lowest BCUT2D eigenvalue weighted by Crippen LogP contribution is -2.36. The van der Waals surface area contributed by atoms with E-state index in [-0.39, 0.29) is 0 Å². The van der Waals surface area contributed by atoms with Gasteiger partial charge in [-0.15, -0.1) is 0 Å². The van der Waals surface area contributed by atoms with Crippen molar-refractivity contribution in [1.29, 1.82) is 4.78 Å². The maximum Gasteiger partial charge on any atom is 0.162 e. The molecular formula is C17H24N4O3S. The maximum absolute atomic E-state index is 11.7. The number of benzene rings is 1. The Morgan fingerprint density at radius 3 is 2.44 bits per heavy atom. The lowest BCUT2D eigenvalue weighted by molar-refractivity contribution is 0.355. The van der Waals surface area contributed by atoms with Gasteiger partial charge in [0.05, 0.1) is 19.7 Å². The summed E-state index contributed by atoms with van der Waals surface area (Å²) in [5.41, 5.74) is 0.813. The van der Waals surface area contributed by atoms with Gasteiger partial charge in [-0.2, -0.15) is 0 Å². The molecule has 7 nitrogen and oxygen atoms in total. The van der Waals surface area contributed by atoms with E-state index in [0.717, 1.165) is 42.7 Å². The van der Waals surface area contributed by atoms with Crippen molar-refractivity contribution < 1.29 is 13.7 Å². The topological polar surface area (TPSA) is 88.4 Å². The van der Waals surface area contributed by atoms with Crippen LogP contribution in [0.3, 0.4) is 0 Å². The number of hydrogen-bond donors (Lipinski definition) is 1. The van der Waals surface area contributed by atoms with Crippen molar-refractivity contribution in [1.82, 2.24) is 9.97 Å². The van der Waals surface area contributed by atoms with Crippen LogP contribution in [0.15, 0.2) is 18.5 Å². The zero-order valence-corrected chi connectivity index (χ0v) is 15.6. The first kappa shape index (κ1) is 17.7. The van der Waals surface area contributed by atoms with Gasteiger partial charge in [0, 0.05) is 46.3 Å². The van der Waals surface area contributed by atoms with Crippen LogP contribution < -0.4 is 14.4 Å². The van der Waals surface area contributed by atoms with Crippen LogP contribution >= 0.6 is 0 Å². The normalized spacial score (nSPS) is 18.1. The van der Waals surface area contributed by atoms with E-state index in [2.05, 4.69) is 14.9 Å². The summed E-state index contributed by atoms with van der Waals surface area (Å²) >= 11 is 0. The van der Waals surface area contributed by atoms with E-state index in [1.807, 2.05) is 12.1 Å². The summed E-state index contributed by atoms with van der Waals surface area (Å²) in [6.07, 6.45) is 4.93. The van der Waals surface area contributed by atoms with Gasteiger partial charge in [-0.1, -0.05) is 0 Å². The van der Waals surface area contributed by atoms with Crippen LogP contribution in [0.2, 0.25) is 0 Å². The number of nitrogens with one attached hydrogen (secondary N) is 1. The van der Waals surface area contributed by atoms with E-state index in [9.17, 15) is 4.21 Å². The fourth-order valence-electron chi connectivity index (χ4n) is 3.38. The molecular weight excluding hydrogens is 340 g/mol. The monoisotopic (exact) mass is 364 g/mol. The summed E-state index contributed by atoms with van der Waals surface area (Å²) in [6, 6.07) is 3.77. The smallest absolute Gasteiger partial charge is 0.162 e. The van der Waals surface area contributed by atoms with E-state index in [4.69, 9.17) is 14.3 Å². The minimum atomic E-state index is -2.43. The number of anilines is 1. The highest BCUT2D eigenvalue weighted by Gasteiger charge is 2.24. The van der Waals surface area contributed by atoms with Gasteiger partial charge in [-0.05, 0) is 24.8 Å². The van der Waals surface area contributed by atoms with Gasteiger partial charge in [0.15, 0.2) is 11.5 Å². The van der Waals surface area contributed by atoms with Crippen molar-refractivity contribution in [2.75, 3.05) is 44.2 Å². The van der Waals surface area contributed by atoms with E-state index in [1.54, 1.807) is 20.5 Å². The predicted octanol–water partition coefficient (Wildman–Crippen LogP) is 2.54. The molecule has 1 aromatic carbocycles. The number of aromatic nitrogens is 2. The molecule has 0 radical (unpaired) electrons. The highest BCUT2D eigenvalue weighted by Crippen LogP contribution is 2.35. The molecule has 136 valence electrons. The molecule has 0 bridgehead atoms. The summed E-state index contributed by atoms with van der Waals surface area (Å²) < 4.78 is 30.1. The molecule has 0 aliphatic carbocycles. The molecule has 0 amide bonds. The zero-order chi connectivity index (χ0) is 18.0. The van der Waals surface area contributed by atoms with Crippen molar-refractivity contribution in [2.24, 2.45) is 5.92 Å². The second-order valence-electron chi connectivity index (χ2n) is 6.52. The summed E-state index contributed by atoms with van der Waals surface area (Å²) in [4.78, 5) is 11.1. The first-order chi connectivity index (χ1) is 11.9. The molecule has 0 spiro atoms. The molecule has 1 aliphatic heterocycles. The predicted molar refractivity (Wildman–Crippen MR) is 99.2 cm³/mol. The van der Waals surface area contributed by atoms with E-state index in [0.29, 0.717) is 23.2 Å². The Labute approximate surface area is 148 Å². The summed E-state index contributed by atoms with van der Waals surface area (Å²) in [7, 11) is 0.787. The summed E-state index contributed by atoms with van der Waals surface area (Å²) in [6.45, 7) is 1.67. The van der Waals surface area contributed by atoms with Crippen molar-refractivity contribution in [3.8, 4) is 11.5 Å². The maximum atomic E-state index is 11.7. The molecule has 1 unspecified atom stereocenters. The van der Waals surface area contributed by atoms with Crippen LogP contribution in [-0.4, -0.2) is 53.5 Å².